The standard InChI is InChI=1S/C14H12F2N2O2/c1-2-20-14(19)10-8-17-13(18-11(10)12(15)16)9-6-4-3-5-7-9/h3-8,12H,2H2,1H3. The van der Waals surface area contributed by atoms with Gasteiger partial charge in [-0.3, -0.25) is 0 Å². The average molecular weight is 278 g/mol. The van der Waals surface area contributed by atoms with Crippen molar-refractivity contribution < 1.29 is 18.3 Å². The van der Waals surface area contributed by atoms with Crippen LogP contribution >= 0.6 is 0 Å². The van der Waals surface area contributed by atoms with E-state index < -0.39 is 18.1 Å². The van der Waals surface area contributed by atoms with Crippen molar-refractivity contribution in [2.75, 3.05) is 6.61 Å². The number of nitrogens with zero attached hydrogens (tertiary/aromatic N) is 2. The molecule has 0 aliphatic carbocycles. The SMILES string of the molecule is CCOC(=O)c1cnc(-c2ccccc2)nc1C(F)F. The predicted octanol–water partition coefficient (Wildman–Crippen LogP) is 3.26. The molecule has 0 radical (unpaired) electrons. The minimum Gasteiger partial charge on any atom is -0.462 e. The van der Waals surface area contributed by atoms with Crippen molar-refractivity contribution >= 4 is 5.97 Å². The fraction of sp³-hybridized carbons (Fsp3) is 0.214. The smallest absolute Gasteiger partial charge is 0.341 e. The van der Waals surface area contributed by atoms with Gasteiger partial charge in [0.1, 0.15) is 11.3 Å². The number of alkyl halides is 2. The molecule has 1 aromatic carbocycles. The van der Waals surface area contributed by atoms with Gasteiger partial charge in [-0.15, -0.1) is 0 Å². The second-order valence-corrected chi connectivity index (χ2v) is 3.88. The Kier molecular flexibility index (Phi) is 4.34. The summed E-state index contributed by atoms with van der Waals surface area (Å²) in [6, 6.07) is 8.70. The Morgan fingerprint density at radius 3 is 2.60 bits per heavy atom. The van der Waals surface area contributed by atoms with Crippen molar-refractivity contribution in [3.05, 3.63) is 47.8 Å². The van der Waals surface area contributed by atoms with Gasteiger partial charge >= 0.3 is 5.97 Å². The molecule has 4 nitrogen and oxygen atoms in total. The summed E-state index contributed by atoms with van der Waals surface area (Å²) < 4.78 is 30.8. The lowest BCUT2D eigenvalue weighted by Crippen LogP contribution is -2.11. The summed E-state index contributed by atoms with van der Waals surface area (Å²) in [6.07, 6.45) is -1.80. The summed E-state index contributed by atoms with van der Waals surface area (Å²) in [5, 5.41) is 0. The number of carbonyl (C=O) groups is 1. The van der Waals surface area contributed by atoms with Gasteiger partial charge in [0.15, 0.2) is 5.82 Å². The Morgan fingerprint density at radius 1 is 1.30 bits per heavy atom. The largest absolute Gasteiger partial charge is 0.462 e. The lowest BCUT2D eigenvalue weighted by molar-refractivity contribution is 0.0513. The number of esters is 1. The number of halogens is 2. The summed E-state index contributed by atoms with van der Waals surface area (Å²) in [7, 11) is 0. The second kappa shape index (κ2) is 6.18. The van der Waals surface area contributed by atoms with Crippen molar-refractivity contribution in [2.24, 2.45) is 0 Å². The quantitative estimate of drug-likeness (QED) is 0.805. The minimum absolute atomic E-state index is 0.0992. The van der Waals surface area contributed by atoms with E-state index in [1.807, 2.05) is 0 Å². The van der Waals surface area contributed by atoms with E-state index in [4.69, 9.17) is 4.74 Å². The van der Waals surface area contributed by atoms with Crippen LogP contribution in [0.2, 0.25) is 0 Å². The normalized spacial score (nSPS) is 10.6. The highest BCUT2D eigenvalue weighted by atomic mass is 19.3. The van der Waals surface area contributed by atoms with Gasteiger partial charge in [0.2, 0.25) is 0 Å². The zero-order valence-corrected chi connectivity index (χ0v) is 10.7. The number of carbonyl (C=O) groups excluding carboxylic acids is 1. The molecule has 0 atom stereocenters. The summed E-state index contributed by atoms with van der Waals surface area (Å²) >= 11 is 0. The molecule has 6 heteroatoms. The van der Waals surface area contributed by atoms with Crippen molar-refractivity contribution in [2.45, 2.75) is 13.3 Å². The summed E-state index contributed by atoms with van der Waals surface area (Å²) in [5.74, 6) is -0.698. The van der Waals surface area contributed by atoms with E-state index in [9.17, 15) is 13.6 Å². The van der Waals surface area contributed by atoms with E-state index in [1.165, 1.54) is 0 Å². The molecule has 0 unspecified atom stereocenters. The Morgan fingerprint density at radius 2 is 2.00 bits per heavy atom. The van der Waals surface area contributed by atoms with E-state index in [-0.39, 0.29) is 18.0 Å². The van der Waals surface area contributed by atoms with E-state index in [1.54, 1.807) is 37.3 Å². The maximum absolute atomic E-state index is 13.0. The van der Waals surface area contributed by atoms with Crippen molar-refractivity contribution in [1.82, 2.24) is 9.97 Å². The van der Waals surface area contributed by atoms with E-state index in [0.29, 0.717) is 5.56 Å². The third-order valence-corrected chi connectivity index (χ3v) is 2.55. The Hall–Kier alpha value is -2.37. The van der Waals surface area contributed by atoms with Crippen LogP contribution in [0.1, 0.15) is 29.4 Å². The second-order valence-electron chi connectivity index (χ2n) is 3.88. The lowest BCUT2D eigenvalue weighted by atomic mass is 10.2. The highest BCUT2D eigenvalue weighted by Crippen LogP contribution is 2.24. The topological polar surface area (TPSA) is 52.1 Å². The average Bonchev–Trinajstić information content (AvgIpc) is 2.47. The molecule has 2 rings (SSSR count). The first kappa shape index (κ1) is 14.0. The van der Waals surface area contributed by atoms with Crippen molar-refractivity contribution in [3.8, 4) is 11.4 Å². The molecule has 104 valence electrons. The van der Waals surface area contributed by atoms with Crippen molar-refractivity contribution in [1.29, 1.82) is 0 Å². The highest BCUT2D eigenvalue weighted by molar-refractivity contribution is 5.90. The zero-order chi connectivity index (χ0) is 14.5. The van der Waals surface area contributed by atoms with Crippen LogP contribution in [0, 0.1) is 0 Å². The van der Waals surface area contributed by atoms with E-state index in [0.717, 1.165) is 6.20 Å². The Labute approximate surface area is 114 Å². The van der Waals surface area contributed by atoms with Crippen LogP contribution in [-0.2, 0) is 4.74 Å². The van der Waals surface area contributed by atoms with Gasteiger partial charge in [-0.05, 0) is 6.92 Å². The first-order valence-electron chi connectivity index (χ1n) is 6.01. The first-order chi connectivity index (χ1) is 9.63. The number of benzene rings is 1. The number of hydrogen-bond acceptors (Lipinski definition) is 4. The van der Waals surface area contributed by atoms with Gasteiger partial charge in [-0.25, -0.2) is 23.5 Å². The summed E-state index contributed by atoms with van der Waals surface area (Å²) in [5.41, 5.74) is -0.316. The van der Waals surface area contributed by atoms with Gasteiger partial charge in [0, 0.05) is 11.8 Å². The molecular weight excluding hydrogens is 266 g/mol. The fourth-order valence-corrected chi connectivity index (χ4v) is 1.65. The first-order valence-corrected chi connectivity index (χ1v) is 6.01. The number of hydrogen-bond donors (Lipinski definition) is 0. The summed E-state index contributed by atoms with van der Waals surface area (Å²) in [6.45, 7) is 1.70. The number of rotatable bonds is 4. The van der Waals surface area contributed by atoms with Crippen LogP contribution < -0.4 is 0 Å². The maximum atomic E-state index is 13.0. The van der Waals surface area contributed by atoms with Crippen LogP contribution in [0.4, 0.5) is 8.78 Å². The van der Waals surface area contributed by atoms with E-state index >= 15 is 0 Å². The maximum Gasteiger partial charge on any atom is 0.341 e. The number of aromatic nitrogens is 2. The molecule has 1 aromatic heterocycles. The van der Waals surface area contributed by atoms with Gasteiger partial charge in [-0.2, -0.15) is 0 Å². The molecule has 0 spiro atoms. The molecule has 0 N–H and O–H groups in total. The van der Waals surface area contributed by atoms with Crippen LogP contribution in [0.25, 0.3) is 11.4 Å². The molecule has 20 heavy (non-hydrogen) atoms. The Bertz CT molecular complexity index is 603. The fourth-order valence-electron chi connectivity index (χ4n) is 1.65. The van der Waals surface area contributed by atoms with Crippen molar-refractivity contribution in [3.63, 3.8) is 0 Å². The molecule has 0 aliphatic heterocycles. The third-order valence-electron chi connectivity index (χ3n) is 2.55. The number of ether oxygens (including phenoxy) is 1. The van der Waals surface area contributed by atoms with Crippen LogP contribution in [0.5, 0.6) is 0 Å². The van der Waals surface area contributed by atoms with Gasteiger partial charge in [0.05, 0.1) is 6.61 Å². The predicted molar refractivity (Wildman–Crippen MR) is 68.4 cm³/mol. The van der Waals surface area contributed by atoms with Crippen LogP contribution in [0.15, 0.2) is 36.5 Å². The summed E-state index contributed by atoms with van der Waals surface area (Å²) in [4.78, 5) is 19.3. The lowest BCUT2D eigenvalue weighted by Gasteiger charge is -2.08. The highest BCUT2D eigenvalue weighted by Gasteiger charge is 2.22. The van der Waals surface area contributed by atoms with E-state index in [2.05, 4.69) is 9.97 Å². The monoisotopic (exact) mass is 278 g/mol. The molecule has 0 saturated heterocycles. The van der Waals surface area contributed by atoms with Crippen LogP contribution in [0.3, 0.4) is 0 Å². The minimum atomic E-state index is -2.88. The molecular formula is C14H12F2N2O2. The molecule has 0 bridgehead atoms. The molecule has 0 aliphatic rings. The molecule has 1 heterocycles. The van der Waals surface area contributed by atoms with Gasteiger partial charge < -0.3 is 4.74 Å². The molecule has 0 amide bonds. The van der Waals surface area contributed by atoms with Gasteiger partial charge in [0.25, 0.3) is 6.43 Å². The molecule has 0 saturated carbocycles. The van der Waals surface area contributed by atoms with Gasteiger partial charge in [-0.1, -0.05) is 30.3 Å². The molecule has 2 aromatic rings. The van der Waals surface area contributed by atoms with Crippen LogP contribution in [-0.4, -0.2) is 22.5 Å². The Balaban J connectivity index is 2.45. The zero-order valence-electron chi connectivity index (χ0n) is 10.7. The third kappa shape index (κ3) is 2.96. The molecule has 0 fully saturated rings.